The van der Waals surface area contributed by atoms with Gasteiger partial charge in [0.1, 0.15) is 5.69 Å². The van der Waals surface area contributed by atoms with E-state index in [1.165, 1.54) is 0 Å². The Morgan fingerprint density at radius 3 is 2.21 bits per heavy atom. The molecule has 0 bridgehead atoms. The van der Waals surface area contributed by atoms with Gasteiger partial charge < -0.3 is 0 Å². The van der Waals surface area contributed by atoms with Gasteiger partial charge in [0.15, 0.2) is 0 Å². The zero-order valence-corrected chi connectivity index (χ0v) is 9.59. The molecule has 0 saturated carbocycles. The van der Waals surface area contributed by atoms with Crippen molar-refractivity contribution in [2.45, 2.75) is 32.2 Å². The van der Waals surface area contributed by atoms with Gasteiger partial charge >= 0.3 is 12.4 Å². The number of Topliss-reactive ketones (excluding diaryl/α,β-unsaturated/α-hetero) is 1. The number of carbonyl (C=O) groups is 1. The van der Waals surface area contributed by atoms with Crippen molar-refractivity contribution in [2.75, 3.05) is 0 Å². The molecule has 1 aromatic heterocycles. The number of halogens is 6. The molecule has 0 amide bonds. The van der Waals surface area contributed by atoms with Gasteiger partial charge in [-0.15, -0.1) is 5.10 Å². The van der Waals surface area contributed by atoms with Gasteiger partial charge in [0.05, 0.1) is 6.20 Å². The summed E-state index contributed by atoms with van der Waals surface area (Å²) < 4.78 is 75.0. The fraction of sp³-hybridized carbons (Fsp3) is 0.667. The molecular formula is C9H9F6N3O. The molecule has 0 N–H and O–H groups in total. The molecule has 0 radical (unpaired) electrons. The standard InChI is InChI=1S/C9H9F6N3O/c1-2-3-18-5(4-16-17-18)6(19)7(8(10,11)12)9(13,14)15/h4,7H,2-3H2,1H3. The van der Waals surface area contributed by atoms with Crippen LogP contribution in [0.4, 0.5) is 26.3 Å². The van der Waals surface area contributed by atoms with Crippen molar-refractivity contribution in [1.29, 1.82) is 0 Å². The molecule has 1 rings (SSSR count). The summed E-state index contributed by atoms with van der Waals surface area (Å²) >= 11 is 0. The molecule has 0 saturated heterocycles. The first-order valence-electron chi connectivity index (χ1n) is 5.15. The van der Waals surface area contributed by atoms with Gasteiger partial charge in [-0.25, -0.2) is 4.68 Å². The van der Waals surface area contributed by atoms with Crippen LogP contribution in [-0.4, -0.2) is 33.1 Å². The number of hydrogen-bond acceptors (Lipinski definition) is 3. The van der Waals surface area contributed by atoms with Gasteiger partial charge in [0.25, 0.3) is 0 Å². The first-order valence-corrected chi connectivity index (χ1v) is 5.15. The van der Waals surface area contributed by atoms with Crippen LogP contribution in [0.1, 0.15) is 23.8 Å². The monoisotopic (exact) mass is 289 g/mol. The van der Waals surface area contributed by atoms with E-state index in [0.29, 0.717) is 12.6 Å². The van der Waals surface area contributed by atoms with E-state index in [1.54, 1.807) is 6.92 Å². The number of carbonyl (C=O) groups excluding carboxylic acids is 1. The lowest BCUT2D eigenvalue weighted by atomic mass is 10.0. The van der Waals surface area contributed by atoms with Crippen LogP contribution in [0.3, 0.4) is 0 Å². The molecule has 1 aromatic rings. The summed E-state index contributed by atoms with van der Waals surface area (Å²) in [5, 5.41) is 6.45. The van der Waals surface area contributed by atoms with E-state index in [-0.39, 0.29) is 6.54 Å². The van der Waals surface area contributed by atoms with Crippen molar-refractivity contribution in [2.24, 2.45) is 5.92 Å². The maximum atomic E-state index is 12.4. The molecular weight excluding hydrogens is 280 g/mol. The molecule has 0 unspecified atom stereocenters. The van der Waals surface area contributed by atoms with Gasteiger partial charge in [-0.2, -0.15) is 26.3 Å². The van der Waals surface area contributed by atoms with E-state index in [1.807, 2.05) is 0 Å². The number of alkyl halides is 6. The first kappa shape index (κ1) is 15.4. The van der Waals surface area contributed by atoms with E-state index in [0.717, 1.165) is 4.68 Å². The third kappa shape index (κ3) is 3.44. The molecule has 0 atom stereocenters. The molecule has 0 aliphatic rings. The Bertz CT molecular complexity index is 436. The number of aromatic nitrogens is 3. The van der Waals surface area contributed by atoms with Gasteiger partial charge in [-0.3, -0.25) is 4.79 Å². The number of hydrogen-bond donors (Lipinski definition) is 0. The Morgan fingerprint density at radius 2 is 1.79 bits per heavy atom. The summed E-state index contributed by atoms with van der Waals surface area (Å²) in [5.41, 5.74) is -0.804. The smallest absolute Gasteiger partial charge is 0.291 e. The second kappa shape index (κ2) is 5.17. The highest BCUT2D eigenvalue weighted by Crippen LogP contribution is 2.41. The molecule has 0 aliphatic carbocycles. The molecule has 4 nitrogen and oxygen atoms in total. The Kier molecular flexibility index (Phi) is 4.21. The zero-order chi connectivity index (χ0) is 14.8. The summed E-state index contributed by atoms with van der Waals surface area (Å²) in [6.07, 6.45) is -10.4. The average molecular weight is 289 g/mol. The van der Waals surface area contributed by atoms with Crippen molar-refractivity contribution >= 4 is 5.78 Å². The minimum atomic E-state index is -5.71. The van der Waals surface area contributed by atoms with Crippen LogP contribution < -0.4 is 0 Å². The second-order valence-electron chi connectivity index (χ2n) is 3.72. The summed E-state index contributed by atoms with van der Waals surface area (Å²) in [4.78, 5) is 11.5. The minimum absolute atomic E-state index is 0.00348. The Hall–Kier alpha value is -1.61. The minimum Gasteiger partial charge on any atom is -0.291 e. The van der Waals surface area contributed by atoms with E-state index in [2.05, 4.69) is 10.3 Å². The van der Waals surface area contributed by atoms with E-state index < -0.39 is 29.7 Å². The van der Waals surface area contributed by atoms with Crippen LogP contribution in [0.15, 0.2) is 6.20 Å². The van der Waals surface area contributed by atoms with Crippen molar-refractivity contribution in [3.8, 4) is 0 Å². The van der Waals surface area contributed by atoms with Crippen LogP contribution in [0, 0.1) is 5.92 Å². The van der Waals surface area contributed by atoms with Crippen molar-refractivity contribution in [1.82, 2.24) is 15.0 Å². The molecule has 0 aromatic carbocycles. The molecule has 19 heavy (non-hydrogen) atoms. The van der Waals surface area contributed by atoms with Crippen LogP contribution in [0.25, 0.3) is 0 Å². The third-order valence-electron chi connectivity index (χ3n) is 2.22. The second-order valence-corrected chi connectivity index (χ2v) is 3.72. The van der Waals surface area contributed by atoms with Crippen molar-refractivity contribution in [3.63, 3.8) is 0 Å². The summed E-state index contributed by atoms with van der Waals surface area (Å²) in [6.45, 7) is 1.63. The van der Waals surface area contributed by atoms with Gasteiger partial charge in [0.2, 0.25) is 11.7 Å². The number of ketones is 1. The maximum Gasteiger partial charge on any atom is 0.407 e. The van der Waals surface area contributed by atoms with Crippen LogP contribution in [0.5, 0.6) is 0 Å². The largest absolute Gasteiger partial charge is 0.407 e. The number of nitrogens with zero attached hydrogens (tertiary/aromatic N) is 3. The summed E-state index contributed by atoms with van der Waals surface area (Å²) in [5.74, 6) is -6.16. The predicted octanol–water partition coefficient (Wildman–Crippen LogP) is 2.61. The first-order chi connectivity index (χ1) is 8.59. The lowest BCUT2D eigenvalue weighted by Gasteiger charge is -2.21. The van der Waals surface area contributed by atoms with Gasteiger partial charge in [-0.05, 0) is 6.42 Å². The fourth-order valence-corrected chi connectivity index (χ4v) is 1.46. The Morgan fingerprint density at radius 1 is 1.26 bits per heavy atom. The SMILES string of the molecule is CCCn1nncc1C(=O)C(C(F)(F)F)C(F)(F)F. The molecule has 0 fully saturated rings. The highest BCUT2D eigenvalue weighted by Gasteiger charge is 2.61. The van der Waals surface area contributed by atoms with Crippen LogP contribution >= 0.6 is 0 Å². The predicted molar refractivity (Wildman–Crippen MR) is 50.2 cm³/mol. The topological polar surface area (TPSA) is 47.8 Å². The molecule has 0 spiro atoms. The zero-order valence-electron chi connectivity index (χ0n) is 9.59. The van der Waals surface area contributed by atoms with Crippen LogP contribution in [0.2, 0.25) is 0 Å². The van der Waals surface area contributed by atoms with E-state index >= 15 is 0 Å². The quantitative estimate of drug-likeness (QED) is 0.632. The lowest BCUT2D eigenvalue weighted by molar-refractivity contribution is -0.265. The highest BCUT2D eigenvalue weighted by atomic mass is 19.4. The normalized spacial score (nSPS) is 13.1. The van der Waals surface area contributed by atoms with Crippen LogP contribution in [-0.2, 0) is 6.54 Å². The van der Waals surface area contributed by atoms with Gasteiger partial charge in [-0.1, -0.05) is 12.1 Å². The summed E-state index contributed by atoms with van der Waals surface area (Å²) in [7, 11) is 0. The Balaban J connectivity index is 3.17. The van der Waals surface area contributed by atoms with Crippen molar-refractivity contribution in [3.05, 3.63) is 11.9 Å². The summed E-state index contributed by atoms with van der Waals surface area (Å²) in [6, 6.07) is 0. The van der Waals surface area contributed by atoms with E-state index in [9.17, 15) is 31.1 Å². The average Bonchev–Trinajstić information content (AvgIpc) is 2.61. The molecule has 10 heteroatoms. The maximum absolute atomic E-state index is 12.4. The highest BCUT2D eigenvalue weighted by molar-refractivity contribution is 5.97. The molecule has 1 heterocycles. The third-order valence-corrected chi connectivity index (χ3v) is 2.22. The van der Waals surface area contributed by atoms with Crippen molar-refractivity contribution < 1.29 is 31.1 Å². The van der Waals surface area contributed by atoms with Gasteiger partial charge in [0, 0.05) is 6.54 Å². The molecule has 0 aliphatic heterocycles. The number of rotatable bonds is 4. The molecule has 108 valence electrons. The number of aryl methyl sites for hydroxylation is 1. The van der Waals surface area contributed by atoms with E-state index in [4.69, 9.17) is 0 Å². The fourth-order valence-electron chi connectivity index (χ4n) is 1.46. The Labute approximate surface area is 103 Å². The lowest BCUT2D eigenvalue weighted by Crippen LogP contribution is -2.43.